The Morgan fingerprint density at radius 1 is 1.08 bits per heavy atom. The number of nitriles is 1. The van der Waals surface area contributed by atoms with Crippen LogP contribution in [-0.2, 0) is 0 Å². The minimum absolute atomic E-state index is 0.442. The Hall–Kier alpha value is -0.750. The first-order valence-corrected chi connectivity index (χ1v) is 4.82. The van der Waals surface area contributed by atoms with Crippen molar-refractivity contribution in [1.82, 2.24) is 9.80 Å². The SMILES string of the molecule is N#CN1CCC[C@@H]1N1CCCC1. The summed E-state index contributed by atoms with van der Waals surface area (Å²) in [6.07, 6.45) is 7.73. The summed E-state index contributed by atoms with van der Waals surface area (Å²) in [6, 6.07) is 0. The second kappa shape index (κ2) is 3.32. The van der Waals surface area contributed by atoms with Crippen LogP contribution in [-0.4, -0.2) is 35.6 Å². The maximum Gasteiger partial charge on any atom is 0.180 e. The Morgan fingerprint density at radius 2 is 1.83 bits per heavy atom. The van der Waals surface area contributed by atoms with Crippen LogP contribution in [0.4, 0.5) is 0 Å². The topological polar surface area (TPSA) is 30.3 Å². The van der Waals surface area contributed by atoms with Crippen LogP contribution >= 0.6 is 0 Å². The maximum atomic E-state index is 8.85. The minimum Gasteiger partial charge on any atom is -0.294 e. The van der Waals surface area contributed by atoms with Crippen LogP contribution < -0.4 is 0 Å². The van der Waals surface area contributed by atoms with Gasteiger partial charge >= 0.3 is 0 Å². The first kappa shape index (κ1) is 7.88. The summed E-state index contributed by atoms with van der Waals surface area (Å²) in [4.78, 5) is 4.39. The molecule has 0 bridgehead atoms. The zero-order valence-corrected chi connectivity index (χ0v) is 7.37. The van der Waals surface area contributed by atoms with Gasteiger partial charge < -0.3 is 0 Å². The molecule has 0 saturated carbocycles. The Labute approximate surface area is 73.6 Å². The van der Waals surface area contributed by atoms with Gasteiger partial charge in [0.15, 0.2) is 6.19 Å². The Morgan fingerprint density at radius 3 is 2.50 bits per heavy atom. The number of likely N-dealkylation sites (tertiary alicyclic amines) is 2. The highest BCUT2D eigenvalue weighted by molar-refractivity contribution is 4.89. The van der Waals surface area contributed by atoms with Crippen molar-refractivity contribution in [3.63, 3.8) is 0 Å². The molecule has 0 aromatic carbocycles. The van der Waals surface area contributed by atoms with E-state index < -0.39 is 0 Å². The Balaban J connectivity index is 1.97. The van der Waals surface area contributed by atoms with Crippen LogP contribution in [0.5, 0.6) is 0 Å². The summed E-state index contributed by atoms with van der Waals surface area (Å²) < 4.78 is 0. The number of hydrogen-bond donors (Lipinski definition) is 0. The van der Waals surface area contributed by atoms with Crippen LogP contribution in [0.3, 0.4) is 0 Å². The van der Waals surface area contributed by atoms with E-state index in [-0.39, 0.29) is 0 Å². The summed E-state index contributed by atoms with van der Waals surface area (Å²) in [5, 5.41) is 8.85. The van der Waals surface area contributed by atoms with Crippen LogP contribution in [0.1, 0.15) is 25.7 Å². The molecule has 12 heavy (non-hydrogen) atoms. The van der Waals surface area contributed by atoms with Gasteiger partial charge in [0.2, 0.25) is 0 Å². The van der Waals surface area contributed by atoms with Crippen molar-refractivity contribution in [3.05, 3.63) is 0 Å². The van der Waals surface area contributed by atoms with Gasteiger partial charge in [-0.15, -0.1) is 0 Å². The van der Waals surface area contributed by atoms with E-state index in [0.717, 1.165) is 6.54 Å². The van der Waals surface area contributed by atoms with Crippen LogP contribution in [0.25, 0.3) is 0 Å². The van der Waals surface area contributed by atoms with Crippen molar-refractivity contribution in [3.8, 4) is 6.19 Å². The molecule has 0 radical (unpaired) electrons. The third-order valence-corrected chi connectivity index (χ3v) is 2.91. The van der Waals surface area contributed by atoms with Gasteiger partial charge in [0.25, 0.3) is 0 Å². The largest absolute Gasteiger partial charge is 0.294 e. The molecular weight excluding hydrogens is 150 g/mol. The third-order valence-electron chi connectivity index (χ3n) is 2.91. The molecule has 1 atom stereocenters. The van der Waals surface area contributed by atoms with E-state index in [1.54, 1.807) is 0 Å². The second-order valence-electron chi connectivity index (χ2n) is 3.66. The molecule has 2 rings (SSSR count). The molecule has 2 aliphatic heterocycles. The lowest BCUT2D eigenvalue weighted by Crippen LogP contribution is -2.40. The number of nitrogens with zero attached hydrogens (tertiary/aromatic N) is 3. The van der Waals surface area contributed by atoms with Crippen molar-refractivity contribution in [1.29, 1.82) is 5.26 Å². The molecule has 3 heteroatoms. The zero-order chi connectivity index (χ0) is 8.39. The average molecular weight is 165 g/mol. The highest BCUT2D eigenvalue weighted by Crippen LogP contribution is 2.23. The normalized spacial score (nSPS) is 30.9. The standard InChI is InChI=1S/C9H15N3/c10-8-12-7-3-4-9(12)11-5-1-2-6-11/h9H,1-7H2/t9-/m1/s1. The molecule has 0 aliphatic carbocycles. The Bertz CT molecular complexity index is 190. The average Bonchev–Trinajstić information content (AvgIpc) is 2.74. The van der Waals surface area contributed by atoms with Gasteiger partial charge in [-0.1, -0.05) is 0 Å². The predicted octanol–water partition coefficient (Wildman–Crippen LogP) is 0.985. The molecule has 3 nitrogen and oxygen atoms in total. The quantitative estimate of drug-likeness (QED) is 0.543. The van der Waals surface area contributed by atoms with E-state index in [9.17, 15) is 0 Å². The molecule has 2 saturated heterocycles. The molecule has 0 spiro atoms. The molecule has 0 aromatic heterocycles. The Kier molecular flexibility index (Phi) is 2.18. The fraction of sp³-hybridized carbons (Fsp3) is 0.889. The molecule has 0 aromatic rings. The van der Waals surface area contributed by atoms with Crippen molar-refractivity contribution in [2.45, 2.75) is 31.8 Å². The molecule has 0 amide bonds. The smallest absolute Gasteiger partial charge is 0.180 e. The number of rotatable bonds is 1. The monoisotopic (exact) mass is 165 g/mol. The van der Waals surface area contributed by atoms with Crippen LogP contribution in [0.15, 0.2) is 0 Å². The van der Waals surface area contributed by atoms with Gasteiger partial charge in [0, 0.05) is 19.6 Å². The van der Waals surface area contributed by atoms with Gasteiger partial charge in [0.05, 0.1) is 6.17 Å². The second-order valence-corrected chi connectivity index (χ2v) is 3.66. The third kappa shape index (κ3) is 1.27. The molecule has 2 heterocycles. The van der Waals surface area contributed by atoms with Gasteiger partial charge in [-0.3, -0.25) is 9.80 Å². The predicted molar refractivity (Wildman–Crippen MR) is 46.1 cm³/mol. The first-order chi connectivity index (χ1) is 5.92. The highest BCUT2D eigenvalue weighted by Gasteiger charge is 2.30. The van der Waals surface area contributed by atoms with Crippen LogP contribution in [0.2, 0.25) is 0 Å². The van der Waals surface area contributed by atoms with E-state index in [4.69, 9.17) is 5.26 Å². The van der Waals surface area contributed by atoms with Crippen LogP contribution in [0, 0.1) is 11.5 Å². The fourth-order valence-corrected chi connectivity index (χ4v) is 2.29. The number of hydrogen-bond acceptors (Lipinski definition) is 3. The van der Waals surface area contributed by atoms with Crippen molar-refractivity contribution in [2.75, 3.05) is 19.6 Å². The first-order valence-electron chi connectivity index (χ1n) is 4.82. The summed E-state index contributed by atoms with van der Waals surface area (Å²) in [5.74, 6) is 0. The van der Waals surface area contributed by atoms with E-state index in [2.05, 4.69) is 11.1 Å². The van der Waals surface area contributed by atoms with Crippen molar-refractivity contribution >= 4 is 0 Å². The van der Waals surface area contributed by atoms with Gasteiger partial charge in [-0.05, 0) is 25.7 Å². The van der Waals surface area contributed by atoms with E-state index in [1.807, 2.05) is 4.90 Å². The fourth-order valence-electron chi connectivity index (χ4n) is 2.29. The summed E-state index contributed by atoms with van der Waals surface area (Å²) in [5.41, 5.74) is 0. The van der Waals surface area contributed by atoms with E-state index >= 15 is 0 Å². The van der Waals surface area contributed by atoms with E-state index in [1.165, 1.54) is 38.8 Å². The van der Waals surface area contributed by atoms with E-state index in [0.29, 0.717) is 6.17 Å². The maximum absolute atomic E-state index is 8.85. The summed E-state index contributed by atoms with van der Waals surface area (Å²) in [7, 11) is 0. The zero-order valence-electron chi connectivity index (χ0n) is 7.37. The molecule has 66 valence electrons. The molecule has 2 aliphatic rings. The molecular formula is C9H15N3. The van der Waals surface area contributed by atoms with Crippen molar-refractivity contribution in [2.24, 2.45) is 0 Å². The summed E-state index contributed by atoms with van der Waals surface area (Å²) in [6.45, 7) is 3.36. The summed E-state index contributed by atoms with van der Waals surface area (Å²) >= 11 is 0. The molecule has 0 N–H and O–H groups in total. The van der Waals surface area contributed by atoms with Gasteiger partial charge in [-0.2, -0.15) is 5.26 Å². The molecule has 2 fully saturated rings. The van der Waals surface area contributed by atoms with Gasteiger partial charge in [0.1, 0.15) is 0 Å². The highest BCUT2D eigenvalue weighted by atomic mass is 15.4. The lowest BCUT2D eigenvalue weighted by molar-refractivity contribution is 0.141. The van der Waals surface area contributed by atoms with Gasteiger partial charge in [-0.25, -0.2) is 0 Å². The lowest BCUT2D eigenvalue weighted by atomic mass is 10.3. The lowest BCUT2D eigenvalue weighted by Gasteiger charge is -2.27. The minimum atomic E-state index is 0.442. The van der Waals surface area contributed by atoms with Crippen molar-refractivity contribution < 1.29 is 0 Å². The molecule has 0 unspecified atom stereocenters.